The maximum absolute atomic E-state index is 5.37. The number of hydrogen-bond acceptors (Lipinski definition) is 4. The molecule has 0 atom stereocenters. The fourth-order valence-corrected chi connectivity index (χ4v) is 3.59. The van der Waals surface area contributed by atoms with Gasteiger partial charge in [-0.25, -0.2) is 0 Å². The molecule has 0 saturated carbocycles. The lowest BCUT2D eigenvalue weighted by molar-refractivity contribution is 0.518. The van der Waals surface area contributed by atoms with E-state index in [0.29, 0.717) is 6.54 Å². The van der Waals surface area contributed by atoms with E-state index in [-0.39, 0.29) is 0 Å². The Kier molecular flexibility index (Phi) is 3.49. The molecule has 20 heavy (non-hydrogen) atoms. The Morgan fingerprint density at radius 3 is 2.90 bits per heavy atom. The van der Waals surface area contributed by atoms with E-state index < -0.39 is 0 Å². The SMILES string of the molecule is CCc1sc2c(NCc3ccco3)cc(C)nc2c1C. The van der Waals surface area contributed by atoms with Gasteiger partial charge < -0.3 is 9.73 Å². The van der Waals surface area contributed by atoms with Crippen molar-refractivity contribution in [3.8, 4) is 0 Å². The molecule has 0 saturated heterocycles. The highest BCUT2D eigenvalue weighted by atomic mass is 32.1. The summed E-state index contributed by atoms with van der Waals surface area (Å²) >= 11 is 1.84. The molecule has 0 fully saturated rings. The van der Waals surface area contributed by atoms with Crippen molar-refractivity contribution in [2.24, 2.45) is 0 Å². The van der Waals surface area contributed by atoms with E-state index in [1.54, 1.807) is 6.26 Å². The Morgan fingerprint density at radius 2 is 2.20 bits per heavy atom. The quantitative estimate of drug-likeness (QED) is 0.756. The van der Waals surface area contributed by atoms with Crippen LogP contribution in [-0.4, -0.2) is 4.98 Å². The zero-order chi connectivity index (χ0) is 14.1. The first-order valence-electron chi connectivity index (χ1n) is 6.85. The number of rotatable bonds is 4. The van der Waals surface area contributed by atoms with Gasteiger partial charge in [0.2, 0.25) is 0 Å². The van der Waals surface area contributed by atoms with Gasteiger partial charge in [-0.15, -0.1) is 11.3 Å². The third-order valence-corrected chi connectivity index (χ3v) is 4.91. The summed E-state index contributed by atoms with van der Waals surface area (Å²) in [5.74, 6) is 0.941. The van der Waals surface area contributed by atoms with Crippen LogP contribution >= 0.6 is 11.3 Å². The Balaban J connectivity index is 2.00. The third-order valence-electron chi connectivity index (χ3n) is 3.45. The molecule has 0 aliphatic heterocycles. The second-order valence-corrected chi connectivity index (χ2v) is 6.03. The van der Waals surface area contributed by atoms with E-state index in [2.05, 4.69) is 25.2 Å². The molecule has 1 N–H and O–H groups in total. The van der Waals surface area contributed by atoms with Crippen molar-refractivity contribution in [3.05, 3.63) is 46.4 Å². The molecule has 3 nitrogen and oxygen atoms in total. The van der Waals surface area contributed by atoms with E-state index >= 15 is 0 Å². The van der Waals surface area contributed by atoms with E-state index in [4.69, 9.17) is 9.40 Å². The number of fused-ring (bicyclic) bond motifs is 1. The number of nitrogens with one attached hydrogen (secondary N) is 1. The van der Waals surface area contributed by atoms with Gasteiger partial charge in [-0.05, 0) is 44.0 Å². The lowest BCUT2D eigenvalue weighted by Crippen LogP contribution is -1.99. The molecule has 0 aromatic carbocycles. The van der Waals surface area contributed by atoms with Gasteiger partial charge in [0, 0.05) is 10.6 Å². The van der Waals surface area contributed by atoms with Gasteiger partial charge in [0.25, 0.3) is 0 Å². The maximum Gasteiger partial charge on any atom is 0.122 e. The number of thiophene rings is 1. The molecule has 0 unspecified atom stereocenters. The average molecular weight is 286 g/mol. The van der Waals surface area contributed by atoms with Crippen molar-refractivity contribution in [2.75, 3.05) is 5.32 Å². The minimum Gasteiger partial charge on any atom is -0.467 e. The van der Waals surface area contributed by atoms with Gasteiger partial charge in [0.1, 0.15) is 5.76 Å². The molecule has 0 amide bonds. The first-order valence-corrected chi connectivity index (χ1v) is 7.66. The van der Waals surface area contributed by atoms with Crippen LogP contribution in [0.1, 0.15) is 28.8 Å². The highest BCUT2D eigenvalue weighted by molar-refractivity contribution is 7.19. The van der Waals surface area contributed by atoms with Crippen LogP contribution in [0.3, 0.4) is 0 Å². The second kappa shape index (κ2) is 5.29. The molecule has 4 heteroatoms. The zero-order valence-corrected chi connectivity index (χ0v) is 12.8. The molecule has 3 rings (SSSR count). The zero-order valence-electron chi connectivity index (χ0n) is 12.0. The summed E-state index contributed by atoms with van der Waals surface area (Å²) in [5.41, 5.74) is 4.64. The summed E-state index contributed by atoms with van der Waals surface area (Å²) in [6, 6.07) is 6.00. The van der Waals surface area contributed by atoms with E-state index in [9.17, 15) is 0 Å². The molecule has 3 heterocycles. The maximum atomic E-state index is 5.37. The number of anilines is 1. The number of furan rings is 1. The van der Waals surface area contributed by atoms with Crippen LogP contribution in [0.25, 0.3) is 10.2 Å². The van der Waals surface area contributed by atoms with Crippen molar-refractivity contribution >= 4 is 27.2 Å². The Morgan fingerprint density at radius 1 is 1.35 bits per heavy atom. The average Bonchev–Trinajstić information content (AvgIpc) is 3.05. The molecule has 3 aromatic heterocycles. The van der Waals surface area contributed by atoms with Gasteiger partial charge in [0.05, 0.1) is 28.7 Å². The van der Waals surface area contributed by atoms with Crippen molar-refractivity contribution in [3.63, 3.8) is 0 Å². The molecule has 0 radical (unpaired) electrons. The monoisotopic (exact) mass is 286 g/mol. The lowest BCUT2D eigenvalue weighted by atomic mass is 10.2. The molecule has 0 aliphatic rings. The van der Waals surface area contributed by atoms with Gasteiger partial charge in [-0.2, -0.15) is 0 Å². The van der Waals surface area contributed by atoms with Gasteiger partial charge in [0.15, 0.2) is 0 Å². The normalized spacial score (nSPS) is 11.2. The van der Waals surface area contributed by atoms with Crippen LogP contribution in [0.4, 0.5) is 5.69 Å². The summed E-state index contributed by atoms with van der Waals surface area (Å²) in [7, 11) is 0. The number of pyridine rings is 1. The number of aryl methyl sites for hydroxylation is 3. The van der Waals surface area contributed by atoms with E-state index in [0.717, 1.165) is 29.1 Å². The predicted octanol–water partition coefficient (Wildman–Crippen LogP) is 4.68. The van der Waals surface area contributed by atoms with Crippen LogP contribution in [0.2, 0.25) is 0 Å². The summed E-state index contributed by atoms with van der Waals surface area (Å²) < 4.78 is 6.62. The minimum atomic E-state index is 0.698. The van der Waals surface area contributed by atoms with Crippen molar-refractivity contribution in [2.45, 2.75) is 33.7 Å². The number of hydrogen-bond donors (Lipinski definition) is 1. The fourth-order valence-electron chi connectivity index (χ4n) is 2.41. The first-order chi connectivity index (χ1) is 9.69. The number of aromatic nitrogens is 1. The van der Waals surface area contributed by atoms with Crippen LogP contribution in [0.5, 0.6) is 0 Å². The summed E-state index contributed by atoms with van der Waals surface area (Å²) in [4.78, 5) is 6.11. The smallest absolute Gasteiger partial charge is 0.122 e. The minimum absolute atomic E-state index is 0.698. The largest absolute Gasteiger partial charge is 0.467 e. The second-order valence-electron chi connectivity index (χ2n) is 4.93. The fraction of sp³-hybridized carbons (Fsp3) is 0.312. The highest BCUT2D eigenvalue weighted by Gasteiger charge is 2.13. The molecule has 0 aliphatic carbocycles. The summed E-state index contributed by atoms with van der Waals surface area (Å²) in [6.07, 6.45) is 2.76. The van der Waals surface area contributed by atoms with Crippen molar-refractivity contribution in [1.29, 1.82) is 0 Å². The van der Waals surface area contributed by atoms with Crippen LogP contribution < -0.4 is 5.32 Å². The molecule has 0 bridgehead atoms. The highest BCUT2D eigenvalue weighted by Crippen LogP contribution is 2.35. The van der Waals surface area contributed by atoms with Gasteiger partial charge in [-0.3, -0.25) is 4.98 Å². The van der Waals surface area contributed by atoms with Crippen LogP contribution in [0.15, 0.2) is 28.9 Å². The number of nitrogens with zero attached hydrogens (tertiary/aromatic N) is 1. The Hall–Kier alpha value is -1.81. The molecular formula is C16H18N2OS. The van der Waals surface area contributed by atoms with Crippen LogP contribution in [0, 0.1) is 13.8 Å². The molecule has 104 valence electrons. The topological polar surface area (TPSA) is 38.1 Å². The standard InChI is InChI=1S/C16H18N2OS/c1-4-14-11(3)15-16(20-14)13(8-10(2)18-15)17-9-12-6-5-7-19-12/h5-8H,4,9H2,1-3H3,(H,17,18). The molecular weight excluding hydrogens is 268 g/mol. The van der Waals surface area contributed by atoms with Crippen molar-refractivity contribution in [1.82, 2.24) is 4.98 Å². The Labute approximate surface area is 122 Å². The van der Waals surface area contributed by atoms with E-state index in [1.807, 2.05) is 30.4 Å². The lowest BCUT2D eigenvalue weighted by Gasteiger charge is -2.07. The van der Waals surface area contributed by atoms with Crippen LogP contribution in [-0.2, 0) is 13.0 Å². The molecule has 0 spiro atoms. The third kappa shape index (κ3) is 2.31. The van der Waals surface area contributed by atoms with Gasteiger partial charge >= 0.3 is 0 Å². The predicted molar refractivity (Wildman–Crippen MR) is 84.5 cm³/mol. The van der Waals surface area contributed by atoms with Crippen molar-refractivity contribution < 1.29 is 4.42 Å². The van der Waals surface area contributed by atoms with E-state index in [1.165, 1.54) is 15.1 Å². The summed E-state index contributed by atoms with van der Waals surface area (Å²) in [6.45, 7) is 7.10. The first kappa shape index (κ1) is 13.2. The van der Waals surface area contributed by atoms with Gasteiger partial charge in [-0.1, -0.05) is 6.92 Å². The molecule has 3 aromatic rings. The summed E-state index contributed by atoms with van der Waals surface area (Å²) in [5, 5.41) is 3.47. The Bertz CT molecular complexity index is 729.